The van der Waals surface area contributed by atoms with Gasteiger partial charge in [-0.05, 0) is 49.7 Å². The van der Waals surface area contributed by atoms with Gasteiger partial charge in [0.2, 0.25) is 5.95 Å². The molecule has 0 saturated heterocycles. The van der Waals surface area contributed by atoms with Gasteiger partial charge in [-0.2, -0.15) is 10.2 Å². The molecule has 1 aromatic heterocycles. The number of aryl methyl sites for hydroxylation is 1. The maximum absolute atomic E-state index is 13.5. The number of anilines is 2. The number of para-hydroxylation sites is 1. The zero-order valence-electron chi connectivity index (χ0n) is 18.8. The molecule has 0 spiro atoms. The van der Waals surface area contributed by atoms with Crippen LogP contribution in [0.1, 0.15) is 29.7 Å². The van der Waals surface area contributed by atoms with Gasteiger partial charge in [0.1, 0.15) is 6.04 Å². The number of rotatable bonds is 4. The van der Waals surface area contributed by atoms with Crippen LogP contribution in [0, 0.1) is 18.3 Å². The van der Waals surface area contributed by atoms with Crippen molar-refractivity contribution >= 4 is 17.5 Å². The lowest BCUT2D eigenvalue weighted by atomic mass is 9.94. The number of carbonyl (C=O) groups is 1. The first-order chi connectivity index (χ1) is 16.5. The summed E-state index contributed by atoms with van der Waals surface area (Å²) in [5.74, 6) is 0.894. The third-order valence-electron chi connectivity index (χ3n) is 5.76. The van der Waals surface area contributed by atoms with E-state index >= 15 is 0 Å². The van der Waals surface area contributed by atoms with Gasteiger partial charge < -0.3 is 10.6 Å². The quantitative estimate of drug-likeness (QED) is 0.457. The highest BCUT2D eigenvalue weighted by atomic mass is 16.1. The van der Waals surface area contributed by atoms with Crippen molar-refractivity contribution < 1.29 is 4.79 Å². The van der Waals surface area contributed by atoms with Gasteiger partial charge in [0.05, 0.1) is 17.2 Å². The molecule has 0 aliphatic carbocycles. The second kappa shape index (κ2) is 8.68. The fourth-order valence-corrected chi connectivity index (χ4v) is 4.12. The van der Waals surface area contributed by atoms with E-state index in [0.29, 0.717) is 34.3 Å². The van der Waals surface area contributed by atoms with Gasteiger partial charge in [-0.15, -0.1) is 5.10 Å². The molecule has 7 nitrogen and oxygen atoms in total. The first-order valence-electron chi connectivity index (χ1n) is 10.9. The Hall–Kier alpha value is -4.70. The van der Waals surface area contributed by atoms with Crippen molar-refractivity contribution in [3.05, 3.63) is 107 Å². The minimum absolute atomic E-state index is 0.233. The Bertz CT molecular complexity index is 1440. The molecule has 1 unspecified atom stereocenters. The molecule has 0 fully saturated rings. The molecule has 2 N–H and O–H groups in total. The van der Waals surface area contributed by atoms with E-state index in [1.165, 1.54) is 0 Å². The summed E-state index contributed by atoms with van der Waals surface area (Å²) < 4.78 is 1.74. The molecular weight excluding hydrogens is 424 g/mol. The van der Waals surface area contributed by atoms with Crippen LogP contribution in [0.3, 0.4) is 0 Å². The van der Waals surface area contributed by atoms with E-state index in [4.69, 9.17) is 10.1 Å². The lowest BCUT2D eigenvalue weighted by Crippen LogP contribution is -2.31. The first-order valence-corrected chi connectivity index (χ1v) is 10.9. The highest BCUT2D eigenvalue weighted by Gasteiger charge is 2.34. The van der Waals surface area contributed by atoms with Gasteiger partial charge in [-0.25, -0.2) is 4.68 Å². The van der Waals surface area contributed by atoms with Crippen molar-refractivity contribution in [2.75, 3.05) is 10.6 Å². The number of nitrogens with zero attached hydrogens (tertiary/aromatic N) is 4. The molecule has 1 atom stereocenters. The molecular formula is C27H22N6O. The lowest BCUT2D eigenvalue weighted by molar-refractivity contribution is -0.113. The first kappa shape index (κ1) is 21.2. The fraction of sp³-hybridized carbons (Fsp3) is 0.111. The van der Waals surface area contributed by atoms with Crippen molar-refractivity contribution in [2.45, 2.75) is 19.9 Å². The molecule has 1 aliphatic heterocycles. The zero-order valence-corrected chi connectivity index (χ0v) is 18.8. The molecule has 0 bridgehead atoms. The Morgan fingerprint density at radius 1 is 1.03 bits per heavy atom. The minimum atomic E-state index is -0.515. The molecule has 0 radical (unpaired) electrons. The van der Waals surface area contributed by atoms with E-state index in [1.807, 2.05) is 80.6 Å². The highest BCUT2D eigenvalue weighted by molar-refractivity contribution is 6.06. The van der Waals surface area contributed by atoms with E-state index in [1.54, 1.807) is 16.8 Å². The summed E-state index contributed by atoms with van der Waals surface area (Å²) in [4.78, 5) is 18.2. The summed E-state index contributed by atoms with van der Waals surface area (Å²) >= 11 is 0. The number of nitrogens with one attached hydrogen (secondary N) is 2. The van der Waals surface area contributed by atoms with Crippen LogP contribution < -0.4 is 10.6 Å². The van der Waals surface area contributed by atoms with E-state index in [0.717, 1.165) is 16.7 Å². The van der Waals surface area contributed by atoms with E-state index in [-0.39, 0.29) is 5.91 Å². The third kappa shape index (κ3) is 3.93. The zero-order chi connectivity index (χ0) is 23.7. The molecule has 34 heavy (non-hydrogen) atoms. The van der Waals surface area contributed by atoms with Gasteiger partial charge in [-0.3, -0.25) is 4.79 Å². The topological polar surface area (TPSA) is 95.6 Å². The monoisotopic (exact) mass is 446 g/mol. The number of benzene rings is 3. The normalized spacial score (nSPS) is 14.7. The maximum Gasteiger partial charge on any atom is 0.255 e. The number of hydrogen-bond acceptors (Lipinski definition) is 5. The Morgan fingerprint density at radius 3 is 2.50 bits per heavy atom. The summed E-state index contributed by atoms with van der Waals surface area (Å²) in [6.07, 6.45) is 0. The maximum atomic E-state index is 13.5. The summed E-state index contributed by atoms with van der Waals surface area (Å²) in [6, 6.07) is 26.2. The Morgan fingerprint density at radius 2 is 1.79 bits per heavy atom. The predicted octanol–water partition coefficient (Wildman–Crippen LogP) is 5.05. The highest BCUT2D eigenvalue weighted by Crippen LogP contribution is 2.37. The molecule has 4 aromatic rings. The molecule has 3 aromatic carbocycles. The van der Waals surface area contributed by atoms with Crippen LogP contribution in [0.25, 0.3) is 11.4 Å². The van der Waals surface area contributed by atoms with E-state index in [2.05, 4.69) is 16.7 Å². The van der Waals surface area contributed by atoms with Gasteiger partial charge in [0, 0.05) is 16.9 Å². The van der Waals surface area contributed by atoms with Crippen LogP contribution >= 0.6 is 0 Å². The van der Waals surface area contributed by atoms with Crippen LogP contribution in [0.15, 0.2) is 90.1 Å². The smallest absolute Gasteiger partial charge is 0.255 e. The number of amides is 1. The Balaban J connectivity index is 1.61. The average Bonchev–Trinajstić information content (AvgIpc) is 3.27. The number of fused-ring (bicyclic) bond motifs is 1. The molecule has 1 amide bonds. The number of carbonyl (C=O) groups excluding carboxylic acids is 1. The fourth-order valence-electron chi connectivity index (χ4n) is 4.12. The number of aromatic nitrogens is 3. The average molecular weight is 447 g/mol. The summed E-state index contributed by atoms with van der Waals surface area (Å²) in [6.45, 7) is 3.89. The van der Waals surface area contributed by atoms with Crippen LogP contribution in [0.2, 0.25) is 0 Å². The van der Waals surface area contributed by atoms with Crippen LogP contribution in [0.5, 0.6) is 0 Å². The van der Waals surface area contributed by atoms with Gasteiger partial charge in [-0.1, -0.05) is 54.1 Å². The van der Waals surface area contributed by atoms with Crippen LogP contribution in [-0.2, 0) is 4.79 Å². The minimum Gasteiger partial charge on any atom is -0.328 e. The molecule has 0 saturated carbocycles. The summed E-state index contributed by atoms with van der Waals surface area (Å²) in [7, 11) is 0. The largest absolute Gasteiger partial charge is 0.328 e. The molecule has 5 rings (SSSR count). The van der Waals surface area contributed by atoms with Gasteiger partial charge in [0.25, 0.3) is 5.91 Å². The van der Waals surface area contributed by atoms with Crippen molar-refractivity contribution in [1.82, 2.24) is 14.8 Å². The summed E-state index contributed by atoms with van der Waals surface area (Å²) in [5, 5.41) is 20.3. The van der Waals surface area contributed by atoms with Crippen LogP contribution in [0.4, 0.5) is 11.6 Å². The molecule has 7 heteroatoms. The number of allylic oxidation sites excluding steroid dienone is 1. The second-order valence-corrected chi connectivity index (χ2v) is 8.19. The van der Waals surface area contributed by atoms with E-state index in [9.17, 15) is 10.1 Å². The molecule has 2 heterocycles. The third-order valence-corrected chi connectivity index (χ3v) is 5.76. The standard InChI is InChI=1S/C27H22N6O/c1-17-7-6-8-21(15-17)25-31-27-29-18(2)23(26(34)30-22-9-4-3-5-10-22)24(33(27)32-25)20-13-11-19(16-28)12-14-20/h3-15,24H,1-2H3,(H,30,34)(H,29,31,32). The Labute approximate surface area is 197 Å². The number of nitriles is 1. The number of hydrogen-bond donors (Lipinski definition) is 2. The van der Waals surface area contributed by atoms with Crippen molar-refractivity contribution in [2.24, 2.45) is 0 Å². The van der Waals surface area contributed by atoms with Crippen molar-refractivity contribution in [3.8, 4) is 17.5 Å². The van der Waals surface area contributed by atoms with Crippen molar-refractivity contribution in [1.29, 1.82) is 5.26 Å². The summed E-state index contributed by atoms with van der Waals surface area (Å²) in [5.41, 5.74) is 5.32. The van der Waals surface area contributed by atoms with Gasteiger partial charge in [0.15, 0.2) is 5.82 Å². The van der Waals surface area contributed by atoms with Crippen LogP contribution in [-0.4, -0.2) is 20.7 Å². The predicted molar refractivity (Wildman–Crippen MR) is 131 cm³/mol. The molecule has 166 valence electrons. The van der Waals surface area contributed by atoms with Crippen molar-refractivity contribution in [3.63, 3.8) is 0 Å². The second-order valence-electron chi connectivity index (χ2n) is 8.19. The van der Waals surface area contributed by atoms with E-state index < -0.39 is 6.04 Å². The van der Waals surface area contributed by atoms with Gasteiger partial charge >= 0.3 is 0 Å². The Kier molecular flexibility index (Phi) is 5.40. The lowest BCUT2D eigenvalue weighted by Gasteiger charge is -2.28. The SMILES string of the molecule is CC1=C(C(=O)Nc2ccccc2)C(c2ccc(C#N)cc2)n2nc(-c3cccc(C)c3)nc2N1. The molecule has 1 aliphatic rings.